The van der Waals surface area contributed by atoms with E-state index in [-0.39, 0.29) is 12.2 Å². The summed E-state index contributed by atoms with van der Waals surface area (Å²) in [7, 11) is 0. The van der Waals surface area contributed by atoms with E-state index in [0.717, 1.165) is 31.7 Å². The van der Waals surface area contributed by atoms with Crippen molar-refractivity contribution >= 4 is 5.91 Å². The molecule has 3 rings (SSSR count). The Morgan fingerprint density at radius 3 is 2.58 bits per heavy atom. The fourth-order valence-electron chi connectivity index (χ4n) is 3.17. The molecule has 0 aliphatic carbocycles. The summed E-state index contributed by atoms with van der Waals surface area (Å²) in [5, 5.41) is 2.91. The van der Waals surface area contributed by atoms with Gasteiger partial charge in [0.15, 0.2) is 6.29 Å². The van der Waals surface area contributed by atoms with E-state index < -0.39 is 0 Å². The molecule has 2 aliphatic heterocycles. The highest BCUT2D eigenvalue weighted by molar-refractivity contribution is 5.78. The van der Waals surface area contributed by atoms with Gasteiger partial charge in [-0.15, -0.1) is 0 Å². The number of carbonyl (C=O) groups excluding carboxylic acids is 1. The molecule has 0 aromatic heterocycles. The van der Waals surface area contributed by atoms with E-state index in [4.69, 9.17) is 14.2 Å². The molecule has 2 saturated heterocycles. The minimum Gasteiger partial charge on any atom is -0.492 e. The lowest BCUT2D eigenvalue weighted by atomic mass is 9.96. The Hall–Kier alpha value is -1.63. The van der Waals surface area contributed by atoms with Crippen LogP contribution >= 0.6 is 0 Å². The van der Waals surface area contributed by atoms with Gasteiger partial charge in [0.25, 0.3) is 0 Å². The van der Waals surface area contributed by atoms with Crippen LogP contribution in [0.2, 0.25) is 0 Å². The largest absolute Gasteiger partial charge is 0.492 e. The molecule has 2 heterocycles. The number of hydrogen-bond donors (Lipinski definition) is 1. The first kappa shape index (κ1) is 17.2. The van der Waals surface area contributed by atoms with E-state index in [2.05, 4.69) is 10.2 Å². The van der Waals surface area contributed by atoms with Gasteiger partial charge in [0, 0.05) is 5.92 Å². The van der Waals surface area contributed by atoms with Crippen molar-refractivity contribution in [2.75, 3.05) is 46.0 Å². The van der Waals surface area contributed by atoms with Crippen molar-refractivity contribution in [3.63, 3.8) is 0 Å². The van der Waals surface area contributed by atoms with E-state index in [0.29, 0.717) is 38.8 Å². The second-order valence-electron chi connectivity index (χ2n) is 6.24. The van der Waals surface area contributed by atoms with Gasteiger partial charge >= 0.3 is 0 Å². The first-order valence-electron chi connectivity index (χ1n) is 8.71. The first-order chi connectivity index (χ1) is 11.8. The highest BCUT2D eigenvalue weighted by Gasteiger charge is 2.30. The smallest absolute Gasteiger partial charge is 0.234 e. The molecule has 132 valence electrons. The quantitative estimate of drug-likeness (QED) is 0.761. The minimum absolute atomic E-state index is 0.0314. The monoisotopic (exact) mass is 334 g/mol. The summed E-state index contributed by atoms with van der Waals surface area (Å²) < 4.78 is 16.7. The standard InChI is InChI=1S/C18H26N2O4/c21-17(19-8-11-22-16-4-2-1-3-5-16)14-20-9-6-15(7-10-20)18-23-12-13-24-18/h1-5,15,18H,6-14H2,(H,19,21). The Labute approximate surface area is 143 Å². The molecule has 6 nitrogen and oxygen atoms in total. The van der Waals surface area contributed by atoms with Gasteiger partial charge < -0.3 is 19.5 Å². The van der Waals surface area contributed by atoms with Crippen LogP contribution in [-0.2, 0) is 14.3 Å². The lowest BCUT2D eigenvalue weighted by molar-refractivity contribution is -0.124. The number of carbonyl (C=O) groups is 1. The average molecular weight is 334 g/mol. The van der Waals surface area contributed by atoms with Crippen molar-refractivity contribution in [2.45, 2.75) is 19.1 Å². The molecule has 0 atom stereocenters. The lowest BCUT2D eigenvalue weighted by Crippen LogP contribution is -2.44. The molecule has 1 N–H and O–H groups in total. The zero-order chi connectivity index (χ0) is 16.6. The number of hydrogen-bond acceptors (Lipinski definition) is 5. The Morgan fingerprint density at radius 1 is 1.17 bits per heavy atom. The van der Waals surface area contributed by atoms with E-state index >= 15 is 0 Å². The summed E-state index contributed by atoms with van der Waals surface area (Å²) in [4.78, 5) is 14.2. The number of nitrogens with one attached hydrogen (secondary N) is 1. The number of benzene rings is 1. The SMILES string of the molecule is O=C(CN1CCC(C2OCCO2)CC1)NCCOc1ccccc1. The molecule has 1 amide bonds. The maximum atomic E-state index is 12.0. The minimum atomic E-state index is -0.0314. The third-order valence-electron chi connectivity index (χ3n) is 4.47. The molecule has 0 bridgehead atoms. The van der Waals surface area contributed by atoms with Gasteiger partial charge in [-0.3, -0.25) is 9.69 Å². The van der Waals surface area contributed by atoms with Crippen molar-refractivity contribution in [1.82, 2.24) is 10.2 Å². The van der Waals surface area contributed by atoms with Gasteiger partial charge in [0.2, 0.25) is 5.91 Å². The molecular weight excluding hydrogens is 308 g/mol. The third-order valence-corrected chi connectivity index (χ3v) is 4.47. The average Bonchev–Trinajstić information content (AvgIpc) is 3.15. The molecule has 2 aliphatic rings. The molecule has 0 unspecified atom stereocenters. The van der Waals surface area contributed by atoms with Gasteiger partial charge in [0.1, 0.15) is 12.4 Å². The van der Waals surface area contributed by atoms with Crippen molar-refractivity contribution in [3.8, 4) is 5.75 Å². The Bertz CT molecular complexity index is 497. The number of ether oxygens (including phenoxy) is 3. The van der Waals surface area contributed by atoms with Gasteiger partial charge in [0.05, 0.1) is 26.3 Å². The van der Waals surface area contributed by atoms with Crippen molar-refractivity contribution in [1.29, 1.82) is 0 Å². The van der Waals surface area contributed by atoms with E-state index in [1.807, 2.05) is 30.3 Å². The molecule has 24 heavy (non-hydrogen) atoms. The highest BCUT2D eigenvalue weighted by Crippen LogP contribution is 2.25. The van der Waals surface area contributed by atoms with Crippen LogP contribution in [0.15, 0.2) is 30.3 Å². The Balaban J connectivity index is 1.27. The van der Waals surface area contributed by atoms with Crippen molar-refractivity contribution in [2.24, 2.45) is 5.92 Å². The summed E-state index contributed by atoms with van der Waals surface area (Å²) >= 11 is 0. The normalized spacial score (nSPS) is 20.2. The van der Waals surface area contributed by atoms with Crippen LogP contribution in [-0.4, -0.2) is 63.1 Å². The number of nitrogens with zero attached hydrogens (tertiary/aromatic N) is 1. The van der Waals surface area contributed by atoms with Gasteiger partial charge in [-0.1, -0.05) is 18.2 Å². The first-order valence-corrected chi connectivity index (χ1v) is 8.71. The second kappa shape index (κ2) is 9.01. The molecule has 0 saturated carbocycles. The number of rotatable bonds is 7. The highest BCUT2D eigenvalue weighted by atomic mass is 16.7. The van der Waals surface area contributed by atoms with Gasteiger partial charge in [-0.2, -0.15) is 0 Å². The third kappa shape index (κ3) is 5.19. The predicted octanol–water partition coefficient (Wildman–Crippen LogP) is 1.27. The maximum absolute atomic E-state index is 12.0. The summed E-state index contributed by atoms with van der Waals surface area (Å²) in [6.45, 7) is 4.70. The van der Waals surface area contributed by atoms with Crippen LogP contribution in [0.4, 0.5) is 0 Å². The van der Waals surface area contributed by atoms with Crippen LogP contribution in [0, 0.1) is 5.92 Å². The van der Waals surface area contributed by atoms with Crippen molar-refractivity contribution < 1.29 is 19.0 Å². The second-order valence-corrected chi connectivity index (χ2v) is 6.24. The predicted molar refractivity (Wildman–Crippen MR) is 89.8 cm³/mol. The van der Waals surface area contributed by atoms with E-state index in [1.54, 1.807) is 0 Å². The van der Waals surface area contributed by atoms with Gasteiger partial charge in [-0.05, 0) is 38.1 Å². The lowest BCUT2D eigenvalue weighted by Gasteiger charge is -2.33. The maximum Gasteiger partial charge on any atom is 0.234 e. The summed E-state index contributed by atoms with van der Waals surface area (Å²) in [6, 6.07) is 9.62. The van der Waals surface area contributed by atoms with Crippen LogP contribution in [0.25, 0.3) is 0 Å². The molecule has 1 aromatic carbocycles. The topological polar surface area (TPSA) is 60.0 Å². The zero-order valence-electron chi connectivity index (χ0n) is 14.0. The molecule has 0 spiro atoms. The number of likely N-dealkylation sites (tertiary alicyclic amines) is 1. The summed E-state index contributed by atoms with van der Waals surface area (Å²) in [5.41, 5.74) is 0. The van der Waals surface area contributed by atoms with Crippen molar-refractivity contribution in [3.05, 3.63) is 30.3 Å². The number of piperidine rings is 1. The molecule has 2 fully saturated rings. The molecule has 0 radical (unpaired) electrons. The Kier molecular flexibility index (Phi) is 6.46. The van der Waals surface area contributed by atoms with Crippen LogP contribution in [0.5, 0.6) is 5.75 Å². The fraction of sp³-hybridized carbons (Fsp3) is 0.611. The molecule has 6 heteroatoms. The Morgan fingerprint density at radius 2 is 1.88 bits per heavy atom. The summed E-state index contributed by atoms with van der Waals surface area (Å²) in [5.74, 6) is 1.34. The molecule has 1 aromatic rings. The zero-order valence-corrected chi connectivity index (χ0v) is 14.0. The van der Waals surface area contributed by atoms with E-state index in [1.165, 1.54) is 0 Å². The summed E-state index contributed by atoms with van der Waals surface area (Å²) in [6.07, 6.45) is 2.01. The van der Waals surface area contributed by atoms with Crippen LogP contribution < -0.4 is 10.1 Å². The molecular formula is C18H26N2O4. The van der Waals surface area contributed by atoms with Crippen LogP contribution in [0.1, 0.15) is 12.8 Å². The van der Waals surface area contributed by atoms with Gasteiger partial charge in [-0.25, -0.2) is 0 Å². The van der Waals surface area contributed by atoms with Crippen LogP contribution in [0.3, 0.4) is 0 Å². The van der Waals surface area contributed by atoms with E-state index in [9.17, 15) is 4.79 Å². The number of amides is 1. The number of para-hydroxylation sites is 1. The fourth-order valence-corrected chi connectivity index (χ4v) is 3.17.